The van der Waals surface area contributed by atoms with Gasteiger partial charge in [0.1, 0.15) is 0 Å². The van der Waals surface area contributed by atoms with E-state index in [1.165, 1.54) is 0 Å². The molecular weight excluding hydrogens is 236 g/mol. The van der Waals surface area contributed by atoms with E-state index in [-0.39, 0.29) is 22.4 Å². The first-order valence-electron chi connectivity index (χ1n) is 1.00. The van der Waals surface area contributed by atoms with Gasteiger partial charge in [-0.25, -0.2) is 0 Å². The van der Waals surface area contributed by atoms with Crippen LogP contribution >= 0.6 is 12.3 Å². The first kappa shape index (κ1) is 7.96. The molecule has 47 valence electrons. The fourth-order valence-electron chi connectivity index (χ4n) is 0.0731. The summed E-state index contributed by atoms with van der Waals surface area (Å²) in [5.74, 6) is 0. The van der Waals surface area contributed by atoms with Gasteiger partial charge in [-0.15, -0.1) is 7.26 Å². The van der Waals surface area contributed by atoms with Crippen LogP contribution in [-0.4, -0.2) is 8.42 Å². The molecular formula is AgO4S2. The summed E-state index contributed by atoms with van der Waals surface area (Å²) in [5.41, 5.74) is 0. The average molecular weight is 236 g/mol. The molecule has 0 aromatic carbocycles. The van der Waals surface area contributed by atoms with Gasteiger partial charge in [0.2, 0.25) is 0 Å². The van der Waals surface area contributed by atoms with Gasteiger partial charge in [0, 0.05) is 22.4 Å². The molecule has 0 aliphatic carbocycles. The zero-order valence-corrected chi connectivity index (χ0v) is 5.87. The Balaban J connectivity index is 0.000000360. The summed E-state index contributed by atoms with van der Waals surface area (Å²) >= 11 is 0.456. The summed E-state index contributed by atoms with van der Waals surface area (Å²) in [6.45, 7) is 0. The molecule has 1 heterocycles. The quantitative estimate of drug-likeness (QED) is 0.432. The van der Waals surface area contributed by atoms with Crippen molar-refractivity contribution in [2.24, 2.45) is 0 Å². The Hall–Kier alpha value is 0.960. The van der Waals surface area contributed by atoms with E-state index in [1.54, 1.807) is 0 Å². The third-order valence-electron chi connectivity index (χ3n) is 0.222. The second-order valence-corrected chi connectivity index (χ2v) is 2.65. The molecule has 0 saturated carbocycles. The van der Waals surface area contributed by atoms with Crippen molar-refractivity contribution < 1.29 is 38.1 Å². The Kier molecular flexibility index (Phi) is 2.83. The minimum atomic E-state index is -3.52. The molecule has 0 bridgehead atoms. The van der Waals surface area contributed by atoms with Crippen molar-refractivity contribution >= 4 is 22.7 Å². The SMILES string of the molecule is O=S1(=O)OSO1.[Ag]. The van der Waals surface area contributed by atoms with Crippen LogP contribution in [0.2, 0.25) is 0 Å². The first-order chi connectivity index (χ1) is 2.71. The fraction of sp³-hybridized carbons (Fsp3) is 0. The summed E-state index contributed by atoms with van der Waals surface area (Å²) in [4.78, 5) is 0. The van der Waals surface area contributed by atoms with Crippen LogP contribution < -0.4 is 0 Å². The minimum absolute atomic E-state index is 0. The van der Waals surface area contributed by atoms with Crippen molar-refractivity contribution in [2.75, 3.05) is 0 Å². The maximum absolute atomic E-state index is 9.62. The van der Waals surface area contributed by atoms with Crippen molar-refractivity contribution in [3.05, 3.63) is 0 Å². The Bertz CT molecular complexity index is 124. The Labute approximate surface area is 60.8 Å². The van der Waals surface area contributed by atoms with Crippen molar-refractivity contribution in [1.29, 1.82) is 0 Å². The van der Waals surface area contributed by atoms with E-state index in [1.807, 2.05) is 0 Å². The van der Waals surface area contributed by atoms with Crippen LogP contribution in [0.15, 0.2) is 0 Å². The first-order valence-corrected chi connectivity index (χ1v) is 3.00. The van der Waals surface area contributed by atoms with Gasteiger partial charge in [-0.1, -0.05) is 0 Å². The van der Waals surface area contributed by atoms with Gasteiger partial charge in [0.15, 0.2) is 12.3 Å². The van der Waals surface area contributed by atoms with E-state index in [2.05, 4.69) is 7.26 Å². The second kappa shape index (κ2) is 2.49. The summed E-state index contributed by atoms with van der Waals surface area (Å²) in [5, 5.41) is 0. The minimum Gasteiger partial charge on any atom is -0.167 e. The molecule has 0 aromatic rings. The molecule has 1 radical (unpaired) electrons. The average Bonchev–Trinajstić information content (AvgIpc) is 1.32. The van der Waals surface area contributed by atoms with Gasteiger partial charge in [0.05, 0.1) is 0 Å². The van der Waals surface area contributed by atoms with Crippen LogP contribution in [0.4, 0.5) is 0 Å². The van der Waals surface area contributed by atoms with E-state index in [0.717, 1.165) is 0 Å². The molecule has 0 spiro atoms. The molecule has 0 N–H and O–H groups in total. The maximum Gasteiger partial charge on any atom is 0.425 e. The van der Waals surface area contributed by atoms with Gasteiger partial charge in [0.25, 0.3) is 0 Å². The molecule has 1 rings (SSSR count). The molecule has 4 nitrogen and oxygen atoms in total. The molecule has 0 atom stereocenters. The van der Waals surface area contributed by atoms with E-state index < -0.39 is 10.4 Å². The number of hydrogen-bond acceptors (Lipinski definition) is 5. The molecule has 1 saturated heterocycles. The molecule has 7 heteroatoms. The third-order valence-corrected chi connectivity index (χ3v) is 2.00. The second-order valence-electron chi connectivity index (χ2n) is 0.612. The van der Waals surface area contributed by atoms with Crippen molar-refractivity contribution in [2.45, 2.75) is 0 Å². The van der Waals surface area contributed by atoms with Crippen LogP contribution in [0.1, 0.15) is 0 Å². The van der Waals surface area contributed by atoms with E-state index in [0.29, 0.717) is 12.3 Å². The smallest absolute Gasteiger partial charge is 0.167 e. The molecule has 0 aromatic heterocycles. The number of hydrogen-bond donors (Lipinski definition) is 0. The summed E-state index contributed by atoms with van der Waals surface area (Å²) in [6, 6.07) is 0. The van der Waals surface area contributed by atoms with Crippen molar-refractivity contribution in [3.63, 3.8) is 0 Å². The van der Waals surface area contributed by atoms with Gasteiger partial charge in [-0.2, -0.15) is 8.42 Å². The van der Waals surface area contributed by atoms with Crippen LogP contribution in [0.3, 0.4) is 0 Å². The van der Waals surface area contributed by atoms with E-state index in [4.69, 9.17) is 0 Å². The van der Waals surface area contributed by atoms with Gasteiger partial charge in [-0.3, -0.25) is 0 Å². The molecule has 0 unspecified atom stereocenters. The van der Waals surface area contributed by atoms with Gasteiger partial charge in [-0.05, 0) is 0 Å². The molecule has 1 fully saturated rings. The monoisotopic (exact) mass is 235 g/mol. The summed E-state index contributed by atoms with van der Waals surface area (Å²) in [6.07, 6.45) is 0. The number of rotatable bonds is 0. The molecule has 1 aliphatic heterocycles. The van der Waals surface area contributed by atoms with Crippen LogP contribution in [-0.2, 0) is 40.0 Å². The maximum atomic E-state index is 9.62. The summed E-state index contributed by atoms with van der Waals surface area (Å²) in [7, 11) is -3.52. The normalized spacial score (nSPS) is 24.6. The van der Waals surface area contributed by atoms with E-state index >= 15 is 0 Å². The Morgan fingerprint density at radius 1 is 1.29 bits per heavy atom. The topological polar surface area (TPSA) is 52.6 Å². The van der Waals surface area contributed by atoms with Crippen molar-refractivity contribution in [1.82, 2.24) is 0 Å². The molecule has 7 heavy (non-hydrogen) atoms. The van der Waals surface area contributed by atoms with Crippen LogP contribution in [0.5, 0.6) is 0 Å². The van der Waals surface area contributed by atoms with Gasteiger partial charge >= 0.3 is 10.4 Å². The zero-order valence-electron chi connectivity index (χ0n) is 2.75. The zero-order chi connectivity index (χ0) is 4.62. The third kappa shape index (κ3) is 2.13. The van der Waals surface area contributed by atoms with Gasteiger partial charge < -0.3 is 0 Å². The fourth-order valence-corrected chi connectivity index (χ4v) is 0.658. The summed E-state index contributed by atoms with van der Waals surface area (Å²) < 4.78 is 26.8. The Morgan fingerprint density at radius 3 is 1.57 bits per heavy atom. The predicted molar refractivity (Wildman–Crippen MR) is 18.7 cm³/mol. The van der Waals surface area contributed by atoms with E-state index in [9.17, 15) is 8.42 Å². The largest absolute Gasteiger partial charge is 0.425 e. The van der Waals surface area contributed by atoms with Crippen LogP contribution in [0.25, 0.3) is 0 Å². The van der Waals surface area contributed by atoms with Crippen LogP contribution in [0, 0.1) is 0 Å². The predicted octanol–water partition coefficient (Wildman–Crippen LogP) is -0.161. The Morgan fingerprint density at radius 2 is 1.57 bits per heavy atom. The molecule has 1 aliphatic rings. The molecule has 0 amide bonds. The standard InChI is InChI=1S/Ag.O4S2/c;1-6(2)3-5-4-6. The van der Waals surface area contributed by atoms with Crippen molar-refractivity contribution in [3.8, 4) is 0 Å².